The van der Waals surface area contributed by atoms with Gasteiger partial charge in [0.1, 0.15) is 0 Å². The van der Waals surface area contributed by atoms with Gasteiger partial charge in [-0.2, -0.15) is 0 Å². The number of benzene rings is 1. The maximum absolute atomic E-state index is 11.7. The van der Waals surface area contributed by atoms with Crippen molar-refractivity contribution in [3.8, 4) is 0 Å². The van der Waals surface area contributed by atoms with E-state index in [0.717, 1.165) is 34.2 Å². The molecule has 0 aliphatic carbocycles. The molecule has 0 spiro atoms. The summed E-state index contributed by atoms with van der Waals surface area (Å²) in [5.74, 6) is 1.01. The Morgan fingerprint density at radius 1 is 1.31 bits per heavy atom. The highest BCUT2D eigenvalue weighted by molar-refractivity contribution is 8.14. The van der Waals surface area contributed by atoms with E-state index >= 15 is 0 Å². The van der Waals surface area contributed by atoms with Crippen LogP contribution in [0.5, 0.6) is 0 Å². The van der Waals surface area contributed by atoms with Gasteiger partial charge in [-0.25, -0.2) is 0 Å². The molecule has 1 aromatic carbocycles. The van der Waals surface area contributed by atoms with E-state index in [-0.39, 0.29) is 5.91 Å². The van der Waals surface area contributed by atoms with E-state index in [9.17, 15) is 4.79 Å². The van der Waals surface area contributed by atoms with Crippen LogP contribution in [0.15, 0.2) is 35.3 Å². The van der Waals surface area contributed by atoms with Crippen LogP contribution in [0.3, 0.4) is 0 Å². The predicted octanol–water partition coefficient (Wildman–Crippen LogP) is 1.92. The molecule has 2 aliphatic rings. The van der Waals surface area contributed by atoms with Gasteiger partial charge in [0, 0.05) is 23.4 Å². The van der Waals surface area contributed by atoms with Crippen molar-refractivity contribution in [3.05, 3.63) is 41.5 Å². The van der Waals surface area contributed by atoms with Gasteiger partial charge in [0.25, 0.3) is 5.91 Å². The molecule has 0 radical (unpaired) electrons. The lowest BCUT2D eigenvalue weighted by atomic mass is 10.1. The molecule has 0 saturated carbocycles. The van der Waals surface area contributed by atoms with Crippen molar-refractivity contribution in [2.45, 2.75) is 0 Å². The summed E-state index contributed by atoms with van der Waals surface area (Å²) in [6.45, 7) is 0.874. The van der Waals surface area contributed by atoms with Crippen LogP contribution in [0.1, 0.15) is 15.9 Å². The molecular weight excluding hydrogens is 220 g/mol. The zero-order chi connectivity index (χ0) is 11.0. The summed E-state index contributed by atoms with van der Waals surface area (Å²) < 4.78 is 0. The summed E-state index contributed by atoms with van der Waals surface area (Å²) >= 11 is 1.73. The van der Waals surface area contributed by atoms with E-state index in [4.69, 9.17) is 0 Å². The molecule has 0 unspecified atom stereocenters. The third-order valence-corrected chi connectivity index (χ3v) is 3.52. The summed E-state index contributed by atoms with van der Waals surface area (Å²) in [5, 5.41) is 3.88. The largest absolute Gasteiger partial charge is 0.321 e. The van der Waals surface area contributed by atoms with Gasteiger partial charge < -0.3 is 5.32 Å². The Bertz CT molecular complexity index is 520. The molecule has 16 heavy (non-hydrogen) atoms. The molecule has 1 aromatic rings. The minimum Gasteiger partial charge on any atom is -0.321 e. The topological polar surface area (TPSA) is 41.5 Å². The first-order valence-corrected chi connectivity index (χ1v) is 6.13. The Labute approximate surface area is 97.6 Å². The molecule has 80 valence electrons. The second kappa shape index (κ2) is 3.79. The number of thioether (sulfide) groups is 1. The zero-order valence-electron chi connectivity index (χ0n) is 8.56. The molecule has 4 heteroatoms. The first kappa shape index (κ1) is 9.66. The molecule has 0 saturated heterocycles. The van der Waals surface area contributed by atoms with Crippen molar-refractivity contribution >= 4 is 28.4 Å². The Morgan fingerprint density at radius 3 is 2.88 bits per heavy atom. The smallest absolute Gasteiger partial charge is 0.256 e. The number of carbonyl (C=O) groups is 1. The number of nitrogens with one attached hydrogen (secondary N) is 1. The van der Waals surface area contributed by atoms with E-state index < -0.39 is 0 Å². The van der Waals surface area contributed by atoms with E-state index in [1.165, 1.54) is 0 Å². The van der Waals surface area contributed by atoms with Crippen LogP contribution in [0.2, 0.25) is 0 Å². The van der Waals surface area contributed by atoms with E-state index in [0.29, 0.717) is 0 Å². The first-order chi connectivity index (χ1) is 7.84. The van der Waals surface area contributed by atoms with Crippen LogP contribution in [0, 0.1) is 0 Å². The maximum Gasteiger partial charge on any atom is 0.256 e. The van der Waals surface area contributed by atoms with Gasteiger partial charge in [-0.15, -0.1) is 11.8 Å². The normalized spacial score (nSPS) is 20.9. The molecule has 0 atom stereocenters. The molecule has 1 N–H and O–H groups in total. The Kier molecular flexibility index (Phi) is 2.29. The quantitative estimate of drug-likeness (QED) is 0.800. The average Bonchev–Trinajstić information content (AvgIpc) is 2.90. The highest BCUT2D eigenvalue weighted by Crippen LogP contribution is 2.25. The number of fused-ring (bicyclic) bond motifs is 1. The van der Waals surface area contributed by atoms with E-state index in [2.05, 4.69) is 10.3 Å². The number of rotatable bonds is 1. The number of nitrogens with zero attached hydrogens (tertiary/aromatic N) is 1. The minimum atomic E-state index is -0.0227. The average molecular weight is 230 g/mol. The van der Waals surface area contributed by atoms with Gasteiger partial charge in [0.05, 0.1) is 10.7 Å². The third-order valence-electron chi connectivity index (χ3n) is 2.59. The number of carbonyl (C=O) groups excluding carboxylic acids is 1. The predicted molar refractivity (Wildman–Crippen MR) is 66.6 cm³/mol. The van der Waals surface area contributed by atoms with Crippen molar-refractivity contribution in [2.24, 2.45) is 4.99 Å². The highest BCUT2D eigenvalue weighted by Gasteiger charge is 2.23. The monoisotopic (exact) mass is 230 g/mol. The molecule has 0 bridgehead atoms. The Balaban J connectivity index is 2.03. The molecule has 0 fully saturated rings. The lowest BCUT2D eigenvalue weighted by molar-refractivity contribution is 0.0981. The third kappa shape index (κ3) is 1.55. The molecular formula is C12H10N2OS. The summed E-state index contributed by atoms with van der Waals surface area (Å²) in [7, 11) is 0. The Morgan fingerprint density at radius 2 is 2.12 bits per heavy atom. The molecule has 3 nitrogen and oxygen atoms in total. The van der Waals surface area contributed by atoms with Crippen molar-refractivity contribution < 1.29 is 4.79 Å². The number of hydrogen-bond donors (Lipinski definition) is 1. The fraction of sp³-hybridized carbons (Fsp3) is 0.167. The maximum atomic E-state index is 11.7. The van der Waals surface area contributed by atoms with Crippen LogP contribution in [0.4, 0.5) is 0 Å². The van der Waals surface area contributed by atoms with Gasteiger partial charge in [-0.3, -0.25) is 9.79 Å². The van der Waals surface area contributed by atoms with Gasteiger partial charge in [-0.05, 0) is 12.1 Å². The first-order valence-electron chi connectivity index (χ1n) is 5.14. The van der Waals surface area contributed by atoms with Crippen LogP contribution in [0.25, 0.3) is 5.70 Å². The lowest BCUT2D eigenvalue weighted by Gasteiger charge is -1.98. The summed E-state index contributed by atoms with van der Waals surface area (Å²) in [6, 6.07) is 7.62. The van der Waals surface area contributed by atoms with Gasteiger partial charge in [0.2, 0.25) is 0 Å². The van der Waals surface area contributed by atoms with Crippen LogP contribution >= 0.6 is 11.8 Å². The zero-order valence-corrected chi connectivity index (χ0v) is 9.38. The number of aliphatic imine (C=N–C) groups is 1. The van der Waals surface area contributed by atoms with Gasteiger partial charge in [-0.1, -0.05) is 18.2 Å². The van der Waals surface area contributed by atoms with Crippen LogP contribution in [-0.4, -0.2) is 23.2 Å². The van der Waals surface area contributed by atoms with E-state index in [1.807, 2.05) is 30.3 Å². The van der Waals surface area contributed by atoms with Crippen molar-refractivity contribution in [1.82, 2.24) is 5.32 Å². The summed E-state index contributed by atoms with van der Waals surface area (Å²) in [5.41, 5.74) is 2.59. The number of amides is 1. The molecule has 0 aromatic heterocycles. The van der Waals surface area contributed by atoms with Crippen molar-refractivity contribution in [2.75, 3.05) is 12.3 Å². The van der Waals surface area contributed by atoms with Crippen LogP contribution < -0.4 is 5.32 Å². The SMILES string of the molecule is O=C1N/C(=C\C2=NCCS2)c2ccccc21. The summed E-state index contributed by atoms with van der Waals surface area (Å²) in [4.78, 5) is 16.0. The molecule has 1 amide bonds. The summed E-state index contributed by atoms with van der Waals surface area (Å²) in [6.07, 6.45) is 1.96. The van der Waals surface area contributed by atoms with Crippen LogP contribution in [-0.2, 0) is 0 Å². The highest BCUT2D eigenvalue weighted by atomic mass is 32.2. The lowest BCUT2D eigenvalue weighted by Crippen LogP contribution is -2.12. The molecule has 2 heterocycles. The van der Waals surface area contributed by atoms with Gasteiger partial charge in [0.15, 0.2) is 0 Å². The fourth-order valence-corrected chi connectivity index (χ4v) is 2.62. The second-order valence-electron chi connectivity index (χ2n) is 3.63. The molecule has 3 rings (SSSR count). The molecule has 2 aliphatic heterocycles. The fourth-order valence-electron chi connectivity index (χ4n) is 1.85. The van der Waals surface area contributed by atoms with E-state index in [1.54, 1.807) is 11.8 Å². The minimum absolute atomic E-state index is 0.0227. The van der Waals surface area contributed by atoms with Gasteiger partial charge >= 0.3 is 0 Å². The second-order valence-corrected chi connectivity index (χ2v) is 4.74. The standard InChI is InChI=1S/C12H10N2OS/c15-12-9-4-2-1-3-8(9)10(14-12)7-11-13-5-6-16-11/h1-4,7H,5-6H2,(H,14,15)/b10-7-. The number of hydrogen-bond acceptors (Lipinski definition) is 3. The Hall–Kier alpha value is -1.55. The van der Waals surface area contributed by atoms with Crippen molar-refractivity contribution in [1.29, 1.82) is 0 Å². The van der Waals surface area contributed by atoms with Crippen molar-refractivity contribution in [3.63, 3.8) is 0 Å².